The molecule has 2 aromatic rings. The van der Waals surface area contributed by atoms with Crippen molar-refractivity contribution in [2.75, 3.05) is 11.4 Å². The van der Waals surface area contributed by atoms with Gasteiger partial charge in [-0.2, -0.15) is 0 Å². The maximum Gasteiger partial charge on any atom is 0.239 e. The maximum absolute atomic E-state index is 12.5. The minimum absolute atomic E-state index is 0.175. The van der Waals surface area contributed by atoms with Crippen LogP contribution in [0.15, 0.2) is 48.7 Å². The third-order valence-corrected chi connectivity index (χ3v) is 4.08. The van der Waals surface area contributed by atoms with Gasteiger partial charge in [-0.1, -0.05) is 17.7 Å². The molecule has 0 saturated carbocycles. The molecular formula is C17H16ClN3O2. The van der Waals surface area contributed by atoms with Crippen molar-refractivity contribution >= 4 is 29.1 Å². The van der Waals surface area contributed by atoms with E-state index in [2.05, 4.69) is 10.3 Å². The highest BCUT2D eigenvalue weighted by Crippen LogP contribution is 2.26. The summed E-state index contributed by atoms with van der Waals surface area (Å²) in [7, 11) is 0. The molecule has 1 aromatic carbocycles. The average Bonchev–Trinajstić information content (AvgIpc) is 2.96. The molecule has 1 fully saturated rings. The molecule has 0 radical (unpaired) electrons. The van der Waals surface area contributed by atoms with Crippen molar-refractivity contribution in [1.82, 2.24) is 10.3 Å². The number of nitrogens with zero attached hydrogens (tertiary/aromatic N) is 2. The first-order valence-corrected chi connectivity index (χ1v) is 7.77. The van der Waals surface area contributed by atoms with Crippen molar-refractivity contribution in [2.24, 2.45) is 5.92 Å². The van der Waals surface area contributed by atoms with Crippen LogP contribution in [0.3, 0.4) is 0 Å². The Morgan fingerprint density at radius 3 is 2.74 bits per heavy atom. The van der Waals surface area contributed by atoms with E-state index in [-0.39, 0.29) is 11.8 Å². The van der Waals surface area contributed by atoms with Gasteiger partial charge in [0.25, 0.3) is 0 Å². The summed E-state index contributed by atoms with van der Waals surface area (Å²) in [4.78, 5) is 30.5. The van der Waals surface area contributed by atoms with Crippen LogP contribution in [0, 0.1) is 5.92 Å². The molecule has 0 bridgehead atoms. The highest BCUT2D eigenvalue weighted by atomic mass is 35.5. The highest BCUT2D eigenvalue weighted by molar-refractivity contribution is 6.30. The van der Waals surface area contributed by atoms with Gasteiger partial charge in [0.15, 0.2) is 0 Å². The normalized spacial score (nSPS) is 17.3. The van der Waals surface area contributed by atoms with E-state index in [0.717, 1.165) is 11.4 Å². The Balaban J connectivity index is 1.62. The molecule has 1 aromatic heterocycles. The number of halogens is 1. The molecule has 1 unspecified atom stereocenters. The number of benzene rings is 1. The fraction of sp³-hybridized carbons (Fsp3) is 0.235. The molecule has 1 saturated heterocycles. The molecule has 23 heavy (non-hydrogen) atoms. The van der Waals surface area contributed by atoms with Gasteiger partial charge < -0.3 is 10.2 Å². The van der Waals surface area contributed by atoms with Crippen LogP contribution in [-0.2, 0) is 16.1 Å². The van der Waals surface area contributed by atoms with Gasteiger partial charge in [-0.15, -0.1) is 0 Å². The number of pyridine rings is 1. The second-order valence-corrected chi connectivity index (χ2v) is 5.78. The van der Waals surface area contributed by atoms with Gasteiger partial charge in [0.2, 0.25) is 11.8 Å². The molecule has 1 atom stereocenters. The molecule has 2 amide bonds. The average molecular weight is 330 g/mol. The summed E-state index contributed by atoms with van der Waals surface area (Å²) < 4.78 is 0. The zero-order chi connectivity index (χ0) is 16.2. The Kier molecular flexibility index (Phi) is 4.57. The van der Waals surface area contributed by atoms with E-state index in [4.69, 9.17) is 11.6 Å². The van der Waals surface area contributed by atoms with Crippen molar-refractivity contribution in [2.45, 2.75) is 13.0 Å². The van der Waals surface area contributed by atoms with Gasteiger partial charge in [0.1, 0.15) is 5.92 Å². The van der Waals surface area contributed by atoms with Crippen LogP contribution in [-0.4, -0.2) is 23.3 Å². The van der Waals surface area contributed by atoms with Crippen LogP contribution < -0.4 is 10.2 Å². The van der Waals surface area contributed by atoms with Crippen LogP contribution in [0.4, 0.5) is 5.69 Å². The number of amides is 2. The summed E-state index contributed by atoms with van der Waals surface area (Å²) in [5, 5.41) is 3.40. The highest BCUT2D eigenvalue weighted by Gasteiger charge is 2.37. The van der Waals surface area contributed by atoms with Crippen molar-refractivity contribution in [3.63, 3.8) is 0 Å². The minimum atomic E-state index is -0.644. The topological polar surface area (TPSA) is 62.3 Å². The van der Waals surface area contributed by atoms with Gasteiger partial charge in [-0.25, -0.2) is 0 Å². The number of hydrogen-bond donors (Lipinski definition) is 1. The fourth-order valence-electron chi connectivity index (χ4n) is 2.60. The smallest absolute Gasteiger partial charge is 0.239 e. The standard InChI is InChI=1S/C17H16ClN3O2/c18-12-4-6-14(7-5-12)21-10-8-15(17(21)23)16(22)20-11-13-3-1-2-9-19-13/h1-7,9,15H,8,10-11H2,(H,20,22). The quantitative estimate of drug-likeness (QED) is 0.876. The van der Waals surface area contributed by atoms with E-state index in [1.165, 1.54) is 0 Å². The van der Waals surface area contributed by atoms with Crippen molar-refractivity contribution in [3.8, 4) is 0 Å². The van der Waals surface area contributed by atoms with Crippen LogP contribution in [0.2, 0.25) is 5.02 Å². The van der Waals surface area contributed by atoms with Crippen molar-refractivity contribution in [1.29, 1.82) is 0 Å². The van der Waals surface area contributed by atoms with Crippen LogP contribution in [0.25, 0.3) is 0 Å². The third-order valence-electron chi connectivity index (χ3n) is 3.83. The van der Waals surface area contributed by atoms with Gasteiger partial charge in [0.05, 0.1) is 12.2 Å². The second-order valence-electron chi connectivity index (χ2n) is 5.35. The molecule has 1 aliphatic rings. The molecule has 6 heteroatoms. The lowest BCUT2D eigenvalue weighted by molar-refractivity contribution is -0.132. The summed E-state index contributed by atoms with van der Waals surface area (Å²) in [5.74, 6) is -1.07. The van der Waals surface area contributed by atoms with E-state index in [1.807, 2.05) is 18.2 Å². The van der Waals surface area contributed by atoms with E-state index >= 15 is 0 Å². The van der Waals surface area contributed by atoms with Gasteiger partial charge in [-0.05, 0) is 42.8 Å². The summed E-state index contributed by atoms with van der Waals surface area (Å²) in [6, 6.07) is 12.5. The lowest BCUT2D eigenvalue weighted by Gasteiger charge is -2.16. The lowest BCUT2D eigenvalue weighted by atomic mass is 10.1. The van der Waals surface area contributed by atoms with E-state index in [9.17, 15) is 9.59 Å². The third kappa shape index (κ3) is 3.51. The largest absolute Gasteiger partial charge is 0.350 e. The summed E-state index contributed by atoms with van der Waals surface area (Å²) >= 11 is 5.86. The Bertz CT molecular complexity index is 704. The van der Waals surface area contributed by atoms with Crippen molar-refractivity contribution in [3.05, 3.63) is 59.4 Å². The molecular weight excluding hydrogens is 314 g/mol. The molecule has 0 spiro atoms. The Morgan fingerprint density at radius 1 is 1.26 bits per heavy atom. The first-order valence-electron chi connectivity index (χ1n) is 7.40. The van der Waals surface area contributed by atoms with Gasteiger partial charge in [0, 0.05) is 23.5 Å². The summed E-state index contributed by atoms with van der Waals surface area (Å²) in [6.45, 7) is 0.854. The molecule has 5 nitrogen and oxygen atoms in total. The zero-order valence-electron chi connectivity index (χ0n) is 12.4. The van der Waals surface area contributed by atoms with Crippen LogP contribution in [0.5, 0.6) is 0 Å². The van der Waals surface area contributed by atoms with Crippen molar-refractivity contribution < 1.29 is 9.59 Å². The summed E-state index contributed by atoms with van der Waals surface area (Å²) in [6.07, 6.45) is 2.18. The SMILES string of the molecule is O=C(NCc1ccccn1)C1CCN(c2ccc(Cl)cc2)C1=O. The minimum Gasteiger partial charge on any atom is -0.350 e. The maximum atomic E-state index is 12.5. The number of carbonyl (C=O) groups is 2. The van der Waals surface area contributed by atoms with Gasteiger partial charge in [-0.3, -0.25) is 14.6 Å². The van der Waals surface area contributed by atoms with E-state index in [1.54, 1.807) is 35.4 Å². The number of rotatable bonds is 4. The Hall–Kier alpha value is -2.40. The monoisotopic (exact) mass is 329 g/mol. The van der Waals surface area contributed by atoms with E-state index in [0.29, 0.717) is 24.5 Å². The Morgan fingerprint density at radius 2 is 2.04 bits per heavy atom. The first-order chi connectivity index (χ1) is 11.1. The van der Waals surface area contributed by atoms with Gasteiger partial charge >= 0.3 is 0 Å². The number of nitrogens with one attached hydrogen (secondary N) is 1. The number of aromatic nitrogens is 1. The lowest BCUT2D eigenvalue weighted by Crippen LogP contribution is -2.36. The van der Waals surface area contributed by atoms with E-state index < -0.39 is 5.92 Å². The number of hydrogen-bond acceptors (Lipinski definition) is 3. The second kappa shape index (κ2) is 6.79. The molecule has 118 valence electrons. The molecule has 1 aliphatic heterocycles. The number of anilines is 1. The molecule has 2 heterocycles. The van der Waals surface area contributed by atoms with Crippen LogP contribution in [0.1, 0.15) is 12.1 Å². The zero-order valence-corrected chi connectivity index (χ0v) is 13.2. The fourth-order valence-corrected chi connectivity index (χ4v) is 2.73. The molecule has 3 rings (SSSR count). The first kappa shape index (κ1) is 15.5. The molecule has 1 N–H and O–H groups in total. The number of carbonyl (C=O) groups excluding carboxylic acids is 2. The summed E-state index contributed by atoms with van der Waals surface area (Å²) in [5.41, 5.74) is 1.53. The predicted octanol–water partition coefficient (Wildman–Crippen LogP) is 2.40. The molecule has 0 aliphatic carbocycles. The predicted molar refractivity (Wildman–Crippen MR) is 88.0 cm³/mol. The Labute approximate surface area is 139 Å². The van der Waals surface area contributed by atoms with Crippen LogP contribution >= 0.6 is 11.6 Å².